The molecular formula is C21H17NO3. The number of Topliss-reactive ketones (excluding diaryl/α,β-unsaturated/α-hetero) is 1. The number of ether oxygens (including phenoxy) is 1. The minimum absolute atomic E-state index is 0.0280. The lowest BCUT2D eigenvalue weighted by Crippen LogP contribution is -2.40. The molecule has 124 valence electrons. The van der Waals surface area contributed by atoms with Gasteiger partial charge in [0, 0.05) is 17.5 Å². The van der Waals surface area contributed by atoms with Gasteiger partial charge in [-0.25, -0.2) is 0 Å². The highest BCUT2D eigenvalue weighted by Crippen LogP contribution is 2.34. The number of carbonyl (C=O) groups excluding carboxylic acids is 2. The number of ketones is 1. The molecule has 1 atom stereocenters. The minimum Gasteiger partial charge on any atom is -0.480 e. The Kier molecular flexibility index (Phi) is 3.94. The maximum absolute atomic E-state index is 12.4. The second-order valence-corrected chi connectivity index (χ2v) is 6.08. The summed E-state index contributed by atoms with van der Waals surface area (Å²) in [4.78, 5) is 24.5. The Bertz CT molecular complexity index is 950. The zero-order valence-corrected chi connectivity index (χ0v) is 13.6. The van der Waals surface area contributed by atoms with E-state index in [1.54, 1.807) is 24.3 Å². The van der Waals surface area contributed by atoms with Crippen molar-refractivity contribution in [3.05, 3.63) is 77.9 Å². The number of hydrogen-bond acceptors (Lipinski definition) is 3. The first-order chi connectivity index (χ1) is 12.2. The highest BCUT2D eigenvalue weighted by molar-refractivity contribution is 6.00. The summed E-state index contributed by atoms with van der Waals surface area (Å²) in [6.45, 7) is -0.0280. The Hall–Kier alpha value is -3.14. The van der Waals surface area contributed by atoms with Crippen LogP contribution in [0.15, 0.2) is 66.7 Å². The summed E-state index contributed by atoms with van der Waals surface area (Å²) in [5.41, 5.74) is 1.64. The van der Waals surface area contributed by atoms with Crippen molar-refractivity contribution in [2.75, 3.05) is 6.54 Å². The molecule has 0 aliphatic carbocycles. The molecule has 4 rings (SSSR count). The van der Waals surface area contributed by atoms with Gasteiger partial charge in [-0.05, 0) is 16.8 Å². The zero-order valence-electron chi connectivity index (χ0n) is 13.6. The topological polar surface area (TPSA) is 55.4 Å². The van der Waals surface area contributed by atoms with Crippen LogP contribution < -0.4 is 10.1 Å². The smallest absolute Gasteiger partial charge is 0.261 e. The molecule has 1 heterocycles. The van der Waals surface area contributed by atoms with E-state index in [1.165, 1.54) is 0 Å². The fraction of sp³-hybridized carbons (Fsp3) is 0.143. The fourth-order valence-electron chi connectivity index (χ4n) is 3.17. The summed E-state index contributed by atoms with van der Waals surface area (Å²) in [5.74, 6) is 0.368. The molecule has 0 unspecified atom stereocenters. The van der Waals surface area contributed by atoms with Crippen molar-refractivity contribution in [3.8, 4) is 5.75 Å². The van der Waals surface area contributed by atoms with E-state index in [0.29, 0.717) is 12.0 Å². The molecule has 0 spiro atoms. The molecule has 4 nitrogen and oxygen atoms in total. The molecule has 3 aromatic carbocycles. The van der Waals surface area contributed by atoms with E-state index in [-0.39, 0.29) is 18.2 Å². The van der Waals surface area contributed by atoms with E-state index in [9.17, 15) is 9.59 Å². The summed E-state index contributed by atoms with van der Waals surface area (Å²) in [5, 5.41) is 4.93. The van der Waals surface area contributed by atoms with Gasteiger partial charge >= 0.3 is 0 Å². The van der Waals surface area contributed by atoms with Crippen LogP contribution in [-0.2, 0) is 11.2 Å². The van der Waals surface area contributed by atoms with Crippen molar-refractivity contribution in [3.63, 3.8) is 0 Å². The average Bonchev–Trinajstić information content (AvgIpc) is 3.11. The van der Waals surface area contributed by atoms with Gasteiger partial charge < -0.3 is 10.1 Å². The van der Waals surface area contributed by atoms with Gasteiger partial charge in [0.15, 0.2) is 11.9 Å². The Balaban J connectivity index is 1.44. The third-order valence-electron chi connectivity index (χ3n) is 4.47. The highest BCUT2D eigenvalue weighted by Gasteiger charge is 2.30. The second-order valence-electron chi connectivity index (χ2n) is 6.08. The predicted octanol–water partition coefficient (Wildman–Crippen LogP) is 3.14. The maximum Gasteiger partial charge on any atom is 0.261 e. The van der Waals surface area contributed by atoms with Crippen LogP contribution in [0.4, 0.5) is 0 Å². The number of rotatable bonds is 4. The van der Waals surface area contributed by atoms with Crippen LogP contribution in [0.5, 0.6) is 5.75 Å². The van der Waals surface area contributed by atoms with Crippen LogP contribution in [0, 0.1) is 0 Å². The summed E-state index contributed by atoms with van der Waals surface area (Å²) < 4.78 is 5.79. The van der Waals surface area contributed by atoms with Crippen LogP contribution in [0.2, 0.25) is 0 Å². The molecule has 0 saturated carbocycles. The lowest BCUT2D eigenvalue weighted by Gasteiger charge is -2.10. The van der Waals surface area contributed by atoms with Gasteiger partial charge in [-0.2, -0.15) is 0 Å². The number of hydrogen-bond donors (Lipinski definition) is 1. The molecular weight excluding hydrogens is 314 g/mol. The maximum atomic E-state index is 12.4. The minimum atomic E-state index is -0.593. The molecule has 0 radical (unpaired) electrons. The molecule has 1 aliphatic rings. The Morgan fingerprint density at radius 2 is 1.72 bits per heavy atom. The van der Waals surface area contributed by atoms with Crippen molar-refractivity contribution >= 4 is 22.5 Å². The molecule has 1 N–H and O–H groups in total. The van der Waals surface area contributed by atoms with Crippen LogP contribution in [-0.4, -0.2) is 24.3 Å². The fourth-order valence-corrected chi connectivity index (χ4v) is 3.17. The second kappa shape index (κ2) is 6.40. The number of nitrogens with one attached hydrogen (secondary N) is 1. The van der Waals surface area contributed by atoms with Crippen molar-refractivity contribution in [2.45, 2.75) is 12.5 Å². The van der Waals surface area contributed by atoms with Crippen LogP contribution >= 0.6 is 0 Å². The van der Waals surface area contributed by atoms with Gasteiger partial charge in [0.1, 0.15) is 5.75 Å². The van der Waals surface area contributed by atoms with Gasteiger partial charge in [-0.1, -0.05) is 60.7 Å². The summed E-state index contributed by atoms with van der Waals surface area (Å²) in [6.07, 6.45) is -0.0772. The number of amides is 1. The van der Waals surface area contributed by atoms with E-state index < -0.39 is 6.10 Å². The van der Waals surface area contributed by atoms with Gasteiger partial charge in [0.05, 0.1) is 6.54 Å². The van der Waals surface area contributed by atoms with Crippen molar-refractivity contribution < 1.29 is 14.3 Å². The molecule has 25 heavy (non-hydrogen) atoms. The monoisotopic (exact) mass is 331 g/mol. The zero-order chi connectivity index (χ0) is 17.2. The third-order valence-corrected chi connectivity index (χ3v) is 4.47. The van der Waals surface area contributed by atoms with Crippen LogP contribution in [0.3, 0.4) is 0 Å². The summed E-state index contributed by atoms with van der Waals surface area (Å²) in [6, 6.07) is 20.9. The molecule has 3 aromatic rings. The van der Waals surface area contributed by atoms with Crippen molar-refractivity contribution in [1.82, 2.24) is 5.32 Å². The Morgan fingerprint density at radius 1 is 0.960 bits per heavy atom. The van der Waals surface area contributed by atoms with E-state index >= 15 is 0 Å². The quantitative estimate of drug-likeness (QED) is 0.747. The molecule has 0 fully saturated rings. The average molecular weight is 331 g/mol. The molecule has 1 aliphatic heterocycles. The Morgan fingerprint density at radius 3 is 2.56 bits per heavy atom. The molecule has 0 saturated heterocycles. The SMILES string of the molecule is O=C(CNC(=O)[C@@H]1Cc2c(ccc3ccccc23)O1)c1ccccc1. The normalized spacial score (nSPS) is 15.4. The van der Waals surface area contributed by atoms with Crippen molar-refractivity contribution in [2.24, 2.45) is 0 Å². The van der Waals surface area contributed by atoms with Gasteiger partial charge in [0.25, 0.3) is 5.91 Å². The molecule has 0 bridgehead atoms. The lowest BCUT2D eigenvalue weighted by atomic mass is 10.0. The Labute approximate surface area is 145 Å². The largest absolute Gasteiger partial charge is 0.480 e. The third kappa shape index (κ3) is 2.98. The summed E-state index contributed by atoms with van der Waals surface area (Å²) in [7, 11) is 0. The van der Waals surface area contributed by atoms with E-state index in [1.807, 2.05) is 42.5 Å². The molecule has 0 aromatic heterocycles. The standard InChI is InChI=1S/C21H17NO3/c23-18(15-7-2-1-3-8-15)13-22-21(24)20-12-17-16-9-5-4-6-14(16)10-11-19(17)25-20/h1-11,20H,12-13H2,(H,22,24)/t20-/m0/s1. The number of fused-ring (bicyclic) bond motifs is 3. The predicted molar refractivity (Wildman–Crippen MR) is 95.9 cm³/mol. The van der Waals surface area contributed by atoms with Gasteiger partial charge in [-0.3, -0.25) is 9.59 Å². The highest BCUT2D eigenvalue weighted by atomic mass is 16.5. The van der Waals surface area contributed by atoms with E-state index in [4.69, 9.17) is 4.74 Å². The molecule has 4 heteroatoms. The van der Waals surface area contributed by atoms with Gasteiger partial charge in [-0.15, -0.1) is 0 Å². The van der Waals surface area contributed by atoms with Gasteiger partial charge in [0.2, 0.25) is 0 Å². The first-order valence-electron chi connectivity index (χ1n) is 8.25. The first kappa shape index (κ1) is 15.4. The number of benzene rings is 3. The molecule has 1 amide bonds. The summed E-state index contributed by atoms with van der Waals surface area (Å²) >= 11 is 0. The van der Waals surface area contributed by atoms with Crippen LogP contribution in [0.1, 0.15) is 15.9 Å². The van der Waals surface area contributed by atoms with E-state index in [0.717, 1.165) is 22.1 Å². The number of carbonyl (C=O) groups is 2. The first-order valence-corrected chi connectivity index (χ1v) is 8.25. The lowest BCUT2D eigenvalue weighted by molar-refractivity contribution is -0.127. The van der Waals surface area contributed by atoms with Crippen molar-refractivity contribution in [1.29, 1.82) is 0 Å². The van der Waals surface area contributed by atoms with E-state index in [2.05, 4.69) is 5.32 Å². The van der Waals surface area contributed by atoms with Crippen LogP contribution in [0.25, 0.3) is 10.8 Å².